The summed E-state index contributed by atoms with van der Waals surface area (Å²) in [4.78, 5) is 2.48. The summed E-state index contributed by atoms with van der Waals surface area (Å²) in [7, 11) is 0. The summed E-state index contributed by atoms with van der Waals surface area (Å²) in [5.74, 6) is 0.719. The molecule has 0 unspecified atom stereocenters. The summed E-state index contributed by atoms with van der Waals surface area (Å²) in [6.07, 6.45) is 4.69. The van der Waals surface area contributed by atoms with Gasteiger partial charge in [0.25, 0.3) is 0 Å². The summed E-state index contributed by atoms with van der Waals surface area (Å²) >= 11 is 0. The van der Waals surface area contributed by atoms with Crippen LogP contribution in [0.4, 0.5) is 0 Å². The van der Waals surface area contributed by atoms with Crippen molar-refractivity contribution in [3.8, 4) is 0 Å². The summed E-state index contributed by atoms with van der Waals surface area (Å²) in [6, 6.07) is 0. The van der Waals surface area contributed by atoms with Crippen LogP contribution in [-0.2, 0) is 4.74 Å². The molecule has 1 aliphatic rings. The first-order valence-corrected chi connectivity index (χ1v) is 6.27. The first-order chi connectivity index (χ1) is 7.36. The molecule has 1 saturated heterocycles. The van der Waals surface area contributed by atoms with Crippen LogP contribution in [0.25, 0.3) is 0 Å². The minimum Gasteiger partial charge on any atom is -0.396 e. The van der Waals surface area contributed by atoms with E-state index in [1.165, 1.54) is 25.8 Å². The molecule has 1 fully saturated rings. The highest BCUT2D eigenvalue weighted by molar-refractivity contribution is 4.64. The van der Waals surface area contributed by atoms with E-state index in [1.807, 2.05) is 0 Å². The topological polar surface area (TPSA) is 32.7 Å². The molecule has 0 radical (unpaired) electrons. The molecule has 3 heteroatoms. The molecule has 90 valence electrons. The molecular formula is C12H25NO2. The van der Waals surface area contributed by atoms with E-state index in [4.69, 9.17) is 9.84 Å². The summed E-state index contributed by atoms with van der Waals surface area (Å²) in [5, 5.41) is 8.89. The van der Waals surface area contributed by atoms with Crippen LogP contribution in [0.1, 0.15) is 32.6 Å². The molecule has 3 nitrogen and oxygen atoms in total. The molecular weight excluding hydrogens is 190 g/mol. The molecule has 0 aliphatic carbocycles. The van der Waals surface area contributed by atoms with Gasteiger partial charge in [-0.15, -0.1) is 0 Å². The fourth-order valence-electron chi connectivity index (χ4n) is 2.16. The predicted molar refractivity (Wildman–Crippen MR) is 62.0 cm³/mol. The van der Waals surface area contributed by atoms with Gasteiger partial charge in [0.05, 0.1) is 13.2 Å². The van der Waals surface area contributed by atoms with E-state index in [-0.39, 0.29) is 0 Å². The molecule has 0 bridgehead atoms. The molecule has 15 heavy (non-hydrogen) atoms. The zero-order valence-electron chi connectivity index (χ0n) is 9.95. The van der Waals surface area contributed by atoms with Crippen molar-refractivity contribution in [2.45, 2.75) is 32.6 Å². The molecule has 0 amide bonds. The van der Waals surface area contributed by atoms with E-state index in [9.17, 15) is 0 Å². The summed E-state index contributed by atoms with van der Waals surface area (Å²) in [5.41, 5.74) is 0. The molecule has 0 spiro atoms. The van der Waals surface area contributed by atoms with Crippen LogP contribution in [0.5, 0.6) is 0 Å². The highest BCUT2D eigenvalue weighted by atomic mass is 16.5. The average molecular weight is 215 g/mol. The summed E-state index contributed by atoms with van der Waals surface area (Å²) in [6.45, 7) is 7.74. The lowest BCUT2D eigenvalue weighted by Gasteiger charge is -2.27. The van der Waals surface area contributed by atoms with Crippen molar-refractivity contribution >= 4 is 0 Å². The number of nitrogens with zero attached hydrogens (tertiary/aromatic N) is 1. The minimum atomic E-state index is 0.343. The van der Waals surface area contributed by atoms with Crippen LogP contribution in [0.3, 0.4) is 0 Å². The zero-order valence-corrected chi connectivity index (χ0v) is 9.95. The number of rotatable bonds is 7. The second-order valence-electron chi connectivity index (χ2n) is 4.38. The Hall–Kier alpha value is -0.120. The van der Waals surface area contributed by atoms with Crippen LogP contribution < -0.4 is 0 Å². The SMILES string of the molecule is CC[C@@H](CCO)CCCN1CCOCC1. The maximum absolute atomic E-state index is 8.89. The molecule has 0 aromatic heterocycles. The lowest BCUT2D eigenvalue weighted by Crippen LogP contribution is -2.36. The minimum absolute atomic E-state index is 0.343. The van der Waals surface area contributed by atoms with Gasteiger partial charge in [-0.3, -0.25) is 4.90 Å². The van der Waals surface area contributed by atoms with E-state index in [0.717, 1.165) is 38.6 Å². The Morgan fingerprint density at radius 2 is 2.00 bits per heavy atom. The van der Waals surface area contributed by atoms with Crippen LogP contribution in [0.15, 0.2) is 0 Å². The maximum atomic E-state index is 8.89. The second-order valence-corrected chi connectivity index (χ2v) is 4.38. The number of hydrogen-bond acceptors (Lipinski definition) is 3. The van der Waals surface area contributed by atoms with Crippen LogP contribution in [0, 0.1) is 5.92 Å². The van der Waals surface area contributed by atoms with Gasteiger partial charge in [0.1, 0.15) is 0 Å². The van der Waals surface area contributed by atoms with Crippen molar-refractivity contribution in [1.29, 1.82) is 0 Å². The Kier molecular flexibility index (Phi) is 6.98. The third-order valence-corrected chi connectivity index (χ3v) is 3.31. The predicted octanol–water partition coefficient (Wildman–Crippen LogP) is 1.51. The zero-order chi connectivity index (χ0) is 10.9. The molecule has 0 saturated carbocycles. The van der Waals surface area contributed by atoms with Gasteiger partial charge in [0, 0.05) is 19.7 Å². The fraction of sp³-hybridized carbons (Fsp3) is 1.00. The van der Waals surface area contributed by atoms with Crippen LogP contribution in [0.2, 0.25) is 0 Å². The lowest BCUT2D eigenvalue weighted by atomic mass is 9.97. The van der Waals surface area contributed by atoms with Crippen LogP contribution >= 0.6 is 0 Å². The Balaban J connectivity index is 2.03. The molecule has 0 aromatic carbocycles. The average Bonchev–Trinajstić information content (AvgIpc) is 2.29. The first-order valence-electron chi connectivity index (χ1n) is 6.27. The molecule has 1 aliphatic heterocycles. The monoisotopic (exact) mass is 215 g/mol. The molecule has 1 N–H and O–H groups in total. The fourth-order valence-corrected chi connectivity index (χ4v) is 2.16. The van der Waals surface area contributed by atoms with Gasteiger partial charge < -0.3 is 9.84 Å². The Morgan fingerprint density at radius 1 is 1.27 bits per heavy atom. The van der Waals surface area contributed by atoms with E-state index in [2.05, 4.69) is 11.8 Å². The normalized spacial score (nSPS) is 20.4. The highest BCUT2D eigenvalue weighted by Crippen LogP contribution is 2.15. The summed E-state index contributed by atoms with van der Waals surface area (Å²) < 4.78 is 5.31. The molecule has 1 heterocycles. The van der Waals surface area contributed by atoms with Crippen molar-refractivity contribution < 1.29 is 9.84 Å². The quantitative estimate of drug-likeness (QED) is 0.698. The van der Waals surface area contributed by atoms with Gasteiger partial charge in [-0.2, -0.15) is 0 Å². The smallest absolute Gasteiger partial charge is 0.0594 e. The Labute approximate surface area is 93.4 Å². The van der Waals surface area contributed by atoms with Gasteiger partial charge in [-0.1, -0.05) is 13.3 Å². The van der Waals surface area contributed by atoms with E-state index in [1.54, 1.807) is 0 Å². The van der Waals surface area contributed by atoms with Crippen molar-refractivity contribution in [3.05, 3.63) is 0 Å². The number of ether oxygens (including phenoxy) is 1. The molecule has 1 atom stereocenters. The largest absolute Gasteiger partial charge is 0.396 e. The van der Waals surface area contributed by atoms with E-state index < -0.39 is 0 Å². The van der Waals surface area contributed by atoms with Gasteiger partial charge in [-0.25, -0.2) is 0 Å². The Morgan fingerprint density at radius 3 is 2.60 bits per heavy atom. The van der Waals surface area contributed by atoms with Crippen molar-refractivity contribution in [2.24, 2.45) is 5.92 Å². The van der Waals surface area contributed by atoms with E-state index >= 15 is 0 Å². The standard InChI is InChI=1S/C12H25NO2/c1-2-12(5-9-14)4-3-6-13-7-10-15-11-8-13/h12,14H,2-11H2,1H3/t12-/m1/s1. The number of morpholine rings is 1. The van der Waals surface area contributed by atoms with Gasteiger partial charge in [0.15, 0.2) is 0 Å². The number of aliphatic hydroxyl groups is 1. The van der Waals surface area contributed by atoms with Gasteiger partial charge in [0.2, 0.25) is 0 Å². The van der Waals surface area contributed by atoms with Crippen LogP contribution in [-0.4, -0.2) is 49.5 Å². The molecule has 1 rings (SSSR count). The lowest BCUT2D eigenvalue weighted by molar-refractivity contribution is 0.0365. The third-order valence-electron chi connectivity index (χ3n) is 3.31. The first kappa shape index (κ1) is 12.9. The third kappa shape index (κ3) is 5.50. The van der Waals surface area contributed by atoms with Crippen molar-refractivity contribution in [1.82, 2.24) is 4.90 Å². The molecule has 0 aromatic rings. The van der Waals surface area contributed by atoms with Crippen molar-refractivity contribution in [2.75, 3.05) is 39.5 Å². The highest BCUT2D eigenvalue weighted by Gasteiger charge is 2.11. The van der Waals surface area contributed by atoms with Crippen molar-refractivity contribution in [3.63, 3.8) is 0 Å². The van der Waals surface area contributed by atoms with E-state index in [0.29, 0.717) is 6.61 Å². The second kappa shape index (κ2) is 8.08. The van der Waals surface area contributed by atoms with Gasteiger partial charge >= 0.3 is 0 Å². The number of aliphatic hydroxyl groups excluding tert-OH is 1. The Bertz CT molecular complexity index is 142. The number of hydrogen-bond donors (Lipinski definition) is 1. The van der Waals surface area contributed by atoms with Gasteiger partial charge in [-0.05, 0) is 31.7 Å². The maximum Gasteiger partial charge on any atom is 0.0594 e.